The third-order valence-corrected chi connectivity index (χ3v) is 1.95. The van der Waals surface area contributed by atoms with Crippen molar-refractivity contribution in [2.75, 3.05) is 6.61 Å². The minimum Gasteiger partial charge on any atom is -0.395 e. The lowest BCUT2D eigenvalue weighted by atomic mass is 10.1. The highest BCUT2D eigenvalue weighted by molar-refractivity contribution is 4.95. The van der Waals surface area contributed by atoms with Gasteiger partial charge >= 0.3 is 0 Å². The zero-order chi connectivity index (χ0) is 7.72. The van der Waals surface area contributed by atoms with E-state index in [9.17, 15) is 0 Å². The van der Waals surface area contributed by atoms with Crippen molar-refractivity contribution >= 4 is 0 Å². The van der Waals surface area contributed by atoms with Gasteiger partial charge in [0.05, 0.1) is 24.9 Å². The SMILES string of the molecule is C[C@H]1N[C@H](CO)[C@@H](O)[C@H]1O. The van der Waals surface area contributed by atoms with Gasteiger partial charge in [-0.2, -0.15) is 0 Å². The van der Waals surface area contributed by atoms with E-state index in [0.717, 1.165) is 0 Å². The summed E-state index contributed by atoms with van der Waals surface area (Å²) in [4.78, 5) is 0. The van der Waals surface area contributed by atoms with Gasteiger partial charge in [-0.25, -0.2) is 0 Å². The maximum atomic E-state index is 9.16. The Hall–Kier alpha value is -0.160. The molecule has 0 aromatic carbocycles. The fourth-order valence-electron chi connectivity index (χ4n) is 1.23. The van der Waals surface area contributed by atoms with Gasteiger partial charge in [0.25, 0.3) is 0 Å². The second-order valence-electron chi connectivity index (χ2n) is 2.73. The molecule has 10 heavy (non-hydrogen) atoms. The van der Waals surface area contributed by atoms with Gasteiger partial charge in [0.15, 0.2) is 0 Å². The van der Waals surface area contributed by atoms with Crippen LogP contribution in [0.5, 0.6) is 0 Å². The Balaban J connectivity index is 2.53. The number of rotatable bonds is 1. The zero-order valence-electron chi connectivity index (χ0n) is 5.86. The van der Waals surface area contributed by atoms with E-state index in [0.29, 0.717) is 0 Å². The molecule has 0 unspecified atom stereocenters. The zero-order valence-corrected chi connectivity index (χ0v) is 5.86. The van der Waals surface area contributed by atoms with E-state index in [1.54, 1.807) is 6.92 Å². The second-order valence-corrected chi connectivity index (χ2v) is 2.73. The highest BCUT2D eigenvalue weighted by atomic mass is 16.3. The van der Waals surface area contributed by atoms with Crippen molar-refractivity contribution < 1.29 is 15.3 Å². The molecule has 1 saturated heterocycles. The predicted molar refractivity (Wildman–Crippen MR) is 35.5 cm³/mol. The van der Waals surface area contributed by atoms with Gasteiger partial charge < -0.3 is 20.6 Å². The molecule has 0 aliphatic carbocycles. The van der Waals surface area contributed by atoms with E-state index in [-0.39, 0.29) is 18.7 Å². The van der Waals surface area contributed by atoms with Gasteiger partial charge in [0.1, 0.15) is 0 Å². The van der Waals surface area contributed by atoms with Crippen LogP contribution in [0.25, 0.3) is 0 Å². The molecule has 4 N–H and O–H groups in total. The van der Waals surface area contributed by atoms with E-state index >= 15 is 0 Å². The molecule has 0 bridgehead atoms. The Kier molecular flexibility index (Phi) is 2.25. The van der Waals surface area contributed by atoms with Gasteiger partial charge in [-0.1, -0.05) is 0 Å². The predicted octanol–water partition coefficient (Wildman–Crippen LogP) is -1.94. The first-order valence-electron chi connectivity index (χ1n) is 3.40. The summed E-state index contributed by atoms with van der Waals surface area (Å²) in [7, 11) is 0. The minimum atomic E-state index is -0.833. The highest BCUT2D eigenvalue weighted by Gasteiger charge is 2.37. The van der Waals surface area contributed by atoms with Crippen LogP contribution in [0.1, 0.15) is 6.92 Å². The van der Waals surface area contributed by atoms with Crippen LogP contribution in [0, 0.1) is 0 Å². The van der Waals surface area contributed by atoms with E-state index in [2.05, 4.69) is 5.32 Å². The summed E-state index contributed by atoms with van der Waals surface area (Å²) in [6, 6.07) is -0.503. The quantitative estimate of drug-likeness (QED) is 0.348. The average molecular weight is 147 g/mol. The summed E-state index contributed by atoms with van der Waals surface area (Å²) in [6.07, 6.45) is -1.59. The lowest BCUT2D eigenvalue weighted by Crippen LogP contribution is -2.36. The molecule has 0 saturated carbocycles. The number of nitrogens with one attached hydrogen (secondary N) is 1. The lowest BCUT2D eigenvalue weighted by molar-refractivity contribution is 0.0214. The fraction of sp³-hybridized carbons (Fsp3) is 1.00. The largest absolute Gasteiger partial charge is 0.395 e. The van der Waals surface area contributed by atoms with Crippen LogP contribution in [0.4, 0.5) is 0 Å². The molecule has 0 aromatic rings. The monoisotopic (exact) mass is 147 g/mol. The molecule has 1 fully saturated rings. The van der Waals surface area contributed by atoms with Gasteiger partial charge in [0, 0.05) is 6.04 Å². The van der Waals surface area contributed by atoms with Crippen molar-refractivity contribution in [2.24, 2.45) is 0 Å². The van der Waals surface area contributed by atoms with Crippen LogP contribution >= 0.6 is 0 Å². The molecule has 1 rings (SSSR count). The number of aliphatic hydroxyl groups is 3. The molecule has 0 amide bonds. The van der Waals surface area contributed by atoms with Crippen molar-refractivity contribution in [3.8, 4) is 0 Å². The Morgan fingerprint density at radius 1 is 1.30 bits per heavy atom. The first kappa shape index (κ1) is 7.94. The van der Waals surface area contributed by atoms with Crippen LogP contribution in [0.3, 0.4) is 0 Å². The molecule has 1 heterocycles. The average Bonchev–Trinajstić information content (AvgIpc) is 2.17. The second kappa shape index (κ2) is 2.84. The van der Waals surface area contributed by atoms with Crippen molar-refractivity contribution in [3.63, 3.8) is 0 Å². The van der Waals surface area contributed by atoms with Crippen LogP contribution in [-0.2, 0) is 0 Å². The van der Waals surface area contributed by atoms with E-state index in [4.69, 9.17) is 15.3 Å². The summed E-state index contributed by atoms with van der Waals surface area (Å²) >= 11 is 0. The summed E-state index contributed by atoms with van der Waals surface area (Å²) < 4.78 is 0. The fourth-order valence-corrected chi connectivity index (χ4v) is 1.23. The maximum absolute atomic E-state index is 9.16. The van der Waals surface area contributed by atoms with E-state index in [1.807, 2.05) is 0 Å². The van der Waals surface area contributed by atoms with Crippen LogP contribution in [0.2, 0.25) is 0 Å². The molecule has 0 radical (unpaired) electrons. The van der Waals surface area contributed by atoms with Crippen molar-refractivity contribution in [1.82, 2.24) is 5.32 Å². The van der Waals surface area contributed by atoms with Gasteiger partial charge in [0.2, 0.25) is 0 Å². The van der Waals surface area contributed by atoms with E-state index in [1.165, 1.54) is 0 Å². The lowest BCUT2D eigenvalue weighted by Gasteiger charge is -2.11. The number of aliphatic hydroxyl groups excluding tert-OH is 3. The van der Waals surface area contributed by atoms with Crippen molar-refractivity contribution in [3.05, 3.63) is 0 Å². The maximum Gasteiger partial charge on any atom is 0.0989 e. The van der Waals surface area contributed by atoms with Gasteiger partial charge in [-0.05, 0) is 6.92 Å². The van der Waals surface area contributed by atoms with Gasteiger partial charge in [-0.3, -0.25) is 0 Å². The molecule has 0 aromatic heterocycles. The summed E-state index contributed by atoms with van der Waals surface area (Å²) in [6.45, 7) is 1.63. The van der Waals surface area contributed by atoms with Gasteiger partial charge in [-0.15, -0.1) is 0 Å². The topological polar surface area (TPSA) is 72.7 Å². The van der Waals surface area contributed by atoms with Crippen LogP contribution in [0.15, 0.2) is 0 Å². The number of hydrogen-bond donors (Lipinski definition) is 4. The first-order valence-corrected chi connectivity index (χ1v) is 3.40. The van der Waals surface area contributed by atoms with Crippen molar-refractivity contribution in [2.45, 2.75) is 31.2 Å². The Bertz CT molecular complexity index is 120. The third kappa shape index (κ3) is 1.15. The summed E-state index contributed by atoms with van der Waals surface area (Å²) in [5.41, 5.74) is 0. The first-order chi connectivity index (χ1) is 4.66. The molecule has 1 aliphatic rings. The highest BCUT2D eigenvalue weighted by Crippen LogP contribution is 2.12. The molecular weight excluding hydrogens is 134 g/mol. The normalized spacial score (nSPS) is 48.0. The molecule has 4 nitrogen and oxygen atoms in total. The molecule has 4 heteroatoms. The van der Waals surface area contributed by atoms with Crippen molar-refractivity contribution in [1.29, 1.82) is 0 Å². The van der Waals surface area contributed by atoms with Crippen LogP contribution < -0.4 is 5.32 Å². The third-order valence-electron chi connectivity index (χ3n) is 1.95. The molecule has 0 spiro atoms. The van der Waals surface area contributed by atoms with Crippen LogP contribution in [-0.4, -0.2) is 46.2 Å². The molecule has 4 atom stereocenters. The summed E-state index contributed by atoms with van der Waals surface area (Å²) in [5.74, 6) is 0. The van der Waals surface area contributed by atoms with E-state index < -0.39 is 12.2 Å². The molecule has 60 valence electrons. The molecule has 1 aliphatic heterocycles. The Labute approximate surface area is 59.5 Å². The summed E-state index contributed by atoms with van der Waals surface area (Å²) in [5, 5.41) is 29.8. The Morgan fingerprint density at radius 3 is 2.10 bits per heavy atom. The minimum absolute atomic E-state index is 0.132. The molecular formula is C6H13NO3. The standard InChI is InChI=1S/C6H13NO3/c1-3-5(9)6(10)4(2-8)7-3/h3-10H,2H2,1H3/t3-,4-,5+,6-/m1/s1. The number of hydrogen-bond acceptors (Lipinski definition) is 4. The Morgan fingerprint density at radius 2 is 1.90 bits per heavy atom. The smallest absolute Gasteiger partial charge is 0.0989 e.